The van der Waals surface area contributed by atoms with Gasteiger partial charge in [-0.05, 0) is 18.6 Å². The van der Waals surface area contributed by atoms with Crippen LogP contribution < -0.4 is 4.99 Å². The van der Waals surface area contributed by atoms with Crippen molar-refractivity contribution in [2.45, 2.75) is 19.4 Å². The summed E-state index contributed by atoms with van der Waals surface area (Å²) >= 11 is 11.9. The van der Waals surface area contributed by atoms with Gasteiger partial charge in [-0.15, -0.1) is 0 Å². The normalized spacial score (nSPS) is 26.8. The van der Waals surface area contributed by atoms with Gasteiger partial charge in [0.25, 0.3) is 0 Å². The van der Waals surface area contributed by atoms with Crippen molar-refractivity contribution in [1.82, 2.24) is 0 Å². The molecule has 0 saturated heterocycles. The molecule has 2 rings (SSSR count). The molecule has 68 valence electrons. The molecule has 0 spiro atoms. The molecule has 1 heterocycles. The maximum atomic E-state index is 5.96. The molecular weight excluding hydrogens is 205 g/mol. The SMILES string of the molecule is CC1=CC=[NH+]C2CC(Cl)=C(Cl)C=C12. The van der Waals surface area contributed by atoms with Gasteiger partial charge in [0.1, 0.15) is 0 Å². The number of allylic oxidation sites excluding steroid dienone is 3. The molecule has 1 aliphatic heterocycles. The maximum absolute atomic E-state index is 5.96. The first-order valence-electron chi connectivity index (χ1n) is 4.21. The van der Waals surface area contributed by atoms with Crippen molar-refractivity contribution in [2.24, 2.45) is 0 Å². The standard InChI is InChI=1S/C10H9Cl2N/c1-6-2-3-13-10-5-9(12)8(11)4-7(6)10/h2-4,10H,5H2,1H3/p+1. The van der Waals surface area contributed by atoms with Crippen LogP contribution in [0.2, 0.25) is 0 Å². The molecule has 0 fully saturated rings. The summed E-state index contributed by atoms with van der Waals surface area (Å²) < 4.78 is 0. The van der Waals surface area contributed by atoms with Crippen LogP contribution in [0.15, 0.2) is 33.4 Å². The third-order valence-electron chi connectivity index (χ3n) is 2.39. The van der Waals surface area contributed by atoms with E-state index in [4.69, 9.17) is 23.2 Å². The smallest absolute Gasteiger partial charge is 0.181 e. The molecule has 13 heavy (non-hydrogen) atoms. The highest BCUT2D eigenvalue weighted by Crippen LogP contribution is 2.31. The van der Waals surface area contributed by atoms with Crippen molar-refractivity contribution >= 4 is 29.4 Å². The highest BCUT2D eigenvalue weighted by Gasteiger charge is 2.27. The number of halogens is 2. The number of fused-ring (bicyclic) bond motifs is 1. The zero-order valence-electron chi connectivity index (χ0n) is 7.27. The Hall–Kier alpha value is -0.530. The van der Waals surface area contributed by atoms with E-state index in [0.717, 1.165) is 11.5 Å². The lowest BCUT2D eigenvalue weighted by Gasteiger charge is -2.19. The molecule has 1 atom stereocenters. The van der Waals surface area contributed by atoms with Gasteiger partial charge in [0.2, 0.25) is 0 Å². The average Bonchev–Trinajstić information content (AvgIpc) is 2.09. The van der Waals surface area contributed by atoms with Crippen molar-refractivity contribution in [2.75, 3.05) is 0 Å². The summed E-state index contributed by atoms with van der Waals surface area (Å²) in [4.78, 5) is 3.26. The summed E-state index contributed by atoms with van der Waals surface area (Å²) in [6.45, 7) is 2.08. The minimum Gasteiger partial charge on any atom is -0.241 e. The summed E-state index contributed by atoms with van der Waals surface area (Å²) in [5.41, 5.74) is 2.50. The Morgan fingerprint density at radius 1 is 1.46 bits per heavy atom. The van der Waals surface area contributed by atoms with Crippen LogP contribution in [-0.2, 0) is 0 Å². The van der Waals surface area contributed by atoms with Crippen LogP contribution in [0.4, 0.5) is 0 Å². The van der Waals surface area contributed by atoms with E-state index in [2.05, 4.69) is 11.9 Å². The molecule has 3 heteroatoms. The first kappa shape index (κ1) is 9.04. The summed E-state index contributed by atoms with van der Waals surface area (Å²) in [5.74, 6) is 0. The molecule has 0 bridgehead atoms. The third kappa shape index (κ3) is 1.59. The quantitative estimate of drug-likeness (QED) is 0.629. The average molecular weight is 215 g/mol. The van der Waals surface area contributed by atoms with E-state index in [1.807, 2.05) is 18.4 Å². The molecule has 0 amide bonds. The topological polar surface area (TPSA) is 14.0 Å². The van der Waals surface area contributed by atoms with Gasteiger partial charge in [0.15, 0.2) is 12.3 Å². The van der Waals surface area contributed by atoms with E-state index in [1.165, 1.54) is 11.1 Å². The summed E-state index contributed by atoms with van der Waals surface area (Å²) in [5, 5.41) is 1.41. The Morgan fingerprint density at radius 2 is 2.23 bits per heavy atom. The fraction of sp³-hybridized carbons (Fsp3) is 0.300. The van der Waals surface area contributed by atoms with Gasteiger partial charge in [0, 0.05) is 16.7 Å². The lowest BCUT2D eigenvalue weighted by atomic mass is 9.91. The van der Waals surface area contributed by atoms with Crippen LogP contribution >= 0.6 is 23.2 Å². The maximum Gasteiger partial charge on any atom is 0.181 e. The fourth-order valence-electron chi connectivity index (χ4n) is 1.62. The summed E-state index contributed by atoms with van der Waals surface area (Å²) in [6.07, 6.45) is 6.74. The molecule has 2 aliphatic rings. The zero-order chi connectivity index (χ0) is 9.42. The van der Waals surface area contributed by atoms with Crippen molar-refractivity contribution < 1.29 is 4.99 Å². The Kier molecular flexibility index (Phi) is 2.31. The van der Waals surface area contributed by atoms with Gasteiger partial charge in [0.05, 0.1) is 11.5 Å². The molecule has 0 aromatic rings. The van der Waals surface area contributed by atoms with Gasteiger partial charge < -0.3 is 0 Å². The van der Waals surface area contributed by atoms with E-state index in [0.29, 0.717) is 11.1 Å². The van der Waals surface area contributed by atoms with Crippen LogP contribution in [-0.4, -0.2) is 12.3 Å². The Labute approximate surface area is 87.4 Å². The van der Waals surface area contributed by atoms with Crippen LogP contribution in [0.5, 0.6) is 0 Å². The first-order chi connectivity index (χ1) is 6.18. The predicted octanol–water partition coefficient (Wildman–Crippen LogP) is 1.49. The van der Waals surface area contributed by atoms with E-state index < -0.39 is 0 Å². The molecule has 0 aromatic heterocycles. The van der Waals surface area contributed by atoms with Crippen LogP contribution in [0, 0.1) is 0 Å². The third-order valence-corrected chi connectivity index (χ3v) is 3.18. The fourth-order valence-corrected chi connectivity index (χ4v) is 2.03. The van der Waals surface area contributed by atoms with Gasteiger partial charge in [-0.3, -0.25) is 0 Å². The zero-order valence-corrected chi connectivity index (χ0v) is 8.78. The van der Waals surface area contributed by atoms with E-state index in [1.54, 1.807) is 0 Å². The lowest BCUT2D eigenvalue weighted by molar-refractivity contribution is -0.486. The molecule has 1 unspecified atom stereocenters. The highest BCUT2D eigenvalue weighted by molar-refractivity contribution is 6.40. The predicted molar refractivity (Wildman–Crippen MR) is 56.0 cm³/mol. The van der Waals surface area contributed by atoms with Crippen molar-refractivity contribution in [1.29, 1.82) is 0 Å². The number of rotatable bonds is 0. The van der Waals surface area contributed by atoms with Crippen LogP contribution in [0.25, 0.3) is 0 Å². The van der Waals surface area contributed by atoms with Crippen molar-refractivity contribution in [3.8, 4) is 0 Å². The molecule has 1 N–H and O–H groups in total. The monoisotopic (exact) mass is 214 g/mol. The Bertz CT molecular complexity index is 361. The highest BCUT2D eigenvalue weighted by atomic mass is 35.5. The summed E-state index contributed by atoms with van der Waals surface area (Å²) in [6, 6.07) is 0.306. The Morgan fingerprint density at radius 3 is 3.00 bits per heavy atom. The second-order valence-electron chi connectivity index (χ2n) is 3.29. The van der Waals surface area contributed by atoms with Crippen molar-refractivity contribution in [3.63, 3.8) is 0 Å². The van der Waals surface area contributed by atoms with Crippen LogP contribution in [0.1, 0.15) is 13.3 Å². The molecule has 1 nitrogen and oxygen atoms in total. The largest absolute Gasteiger partial charge is 0.241 e. The van der Waals surface area contributed by atoms with Gasteiger partial charge >= 0.3 is 0 Å². The van der Waals surface area contributed by atoms with Crippen LogP contribution in [0.3, 0.4) is 0 Å². The van der Waals surface area contributed by atoms with Gasteiger partial charge in [-0.2, -0.15) is 0 Å². The van der Waals surface area contributed by atoms with Gasteiger partial charge in [-0.25, -0.2) is 4.99 Å². The minimum atomic E-state index is 0.306. The molecule has 0 aromatic carbocycles. The molecule has 0 saturated carbocycles. The second-order valence-corrected chi connectivity index (χ2v) is 4.16. The van der Waals surface area contributed by atoms with Gasteiger partial charge in [-0.1, -0.05) is 23.2 Å². The number of nitrogens with one attached hydrogen (secondary N) is 1. The second kappa shape index (κ2) is 3.32. The lowest BCUT2D eigenvalue weighted by Crippen LogP contribution is -2.78. The minimum absolute atomic E-state index is 0.306. The number of hydrogen-bond acceptors (Lipinski definition) is 0. The van der Waals surface area contributed by atoms with E-state index in [-0.39, 0.29) is 0 Å². The molecule has 0 radical (unpaired) electrons. The molecular formula is C10H10Cl2N+. The molecule has 1 aliphatic carbocycles. The summed E-state index contributed by atoms with van der Waals surface area (Å²) in [7, 11) is 0. The Balaban J connectivity index is 2.44. The first-order valence-corrected chi connectivity index (χ1v) is 4.96. The van der Waals surface area contributed by atoms with Crippen molar-refractivity contribution in [3.05, 3.63) is 33.4 Å². The van der Waals surface area contributed by atoms with E-state index >= 15 is 0 Å². The van der Waals surface area contributed by atoms with E-state index in [9.17, 15) is 0 Å². The number of hydrogen-bond donors (Lipinski definition) is 1.